The monoisotopic (exact) mass is 304 g/mol. The average molecular weight is 304 g/mol. The fourth-order valence-electron chi connectivity index (χ4n) is 2.47. The first kappa shape index (κ1) is 16.4. The molecule has 1 aromatic rings. The van der Waals surface area contributed by atoms with Gasteiger partial charge < -0.3 is 10.0 Å². The fraction of sp³-hybridized carbons (Fsp3) is 0.412. The molecule has 1 aliphatic carbocycles. The molecule has 0 bridgehead atoms. The number of likely N-dealkylation sites (N-methyl/N-ethyl adjacent to an activating group) is 1. The number of hydrogen-bond acceptors (Lipinski definition) is 4. The van der Waals surface area contributed by atoms with Crippen molar-refractivity contribution in [3.05, 3.63) is 47.0 Å². The van der Waals surface area contributed by atoms with Crippen molar-refractivity contribution in [3.8, 4) is 0 Å². The predicted molar refractivity (Wildman–Crippen MR) is 84.9 cm³/mol. The van der Waals surface area contributed by atoms with Crippen LogP contribution in [-0.2, 0) is 4.79 Å². The van der Waals surface area contributed by atoms with Crippen LogP contribution in [0.15, 0.2) is 40.6 Å². The fourth-order valence-corrected chi connectivity index (χ4v) is 2.47. The molecule has 0 saturated carbocycles. The molecular formula is C17H21FN2O2. The maximum Gasteiger partial charge on any atom is 0.168 e. The predicted octanol–water partition coefficient (Wildman–Crippen LogP) is 2.72. The summed E-state index contributed by atoms with van der Waals surface area (Å²) in [7, 11) is 3.89. The van der Waals surface area contributed by atoms with E-state index in [0.29, 0.717) is 13.0 Å². The minimum absolute atomic E-state index is 0.0408. The minimum atomic E-state index is -0.329. The van der Waals surface area contributed by atoms with E-state index in [2.05, 4.69) is 4.99 Å². The minimum Gasteiger partial charge on any atom is -0.511 e. The molecule has 1 atom stereocenters. The summed E-state index contributed by atoms with van der Waals surface area (Å²) in [4.78, 5) is 18.4. The molecule has 1 aromatic carbocycles. The number of nitrogens with zero attached hydrogens (tertiary/aromatic N) is 2. The van der Waals surface area contributed by atoms with Crippen molar-refractivity contribution < 1.29 is 14.3 Å². The second kappa shape index (κ2) is 7.31. The molecule has 5 heteroatoms. The number of benzene rings is 1. The zero-order valence-electron chi connectivity index (χ0n) is 12.9. The summed E-state index contributed by atoms with van der Waals surface area (Å²) in [6.07, 6.45) is 2.07. The number of hydrogen-bond donors (Lipinski definition) is 1. The van der Waals surface area contributed by atoms with Gasteiger partial charge in [-0.15, -0.1) is 0 Å². The maximum absolute atomic E-state index is 13.3. The Balaban J connectivity index is 2.08. The zero-order chi connectivity index (χ0) is 16.1. The van der Waals surface area contributed by atoms with Gasteiger partial charge in [0.05, 0.1) is 12.1 Å². The summed E-state index contributed by atoms with van der Waals surface area (Å²) in [5.41, 5.74) is 1.02. The van der Waals surface area contributed by atoms with Crippen LogP contribution in [0.3, 0.4) is 0 Å². The van der Waals surface area contributed by atoms with Gasteiger partial charge >= 0.3 is 0 Å². The van der Waals surface area contributed by atoms with Crippen LogP contribution < -0.4 is 0 Å². The summed E-state index contributed by atoms with van der Waals surface area (Å²) in [6.45, 7) is 1.36. The van der Waals surface area contributed by atoms with Crippen LogP contribution >= 0.6 is 0 Å². The normalized spacial score (nSPS) is 19.5. The van der Waals surface area contributed by atoms with Gasteiger partial charge in [0.15, 0.2) is 5.78 Å². The molecular weight excluding hydrogens is 283 g/mol. The second-order valence-corrected chi connectivity index (χ2v) is 5.78. The number of carbonyl (C=O) groups excluding carboxylic acids is 1. The maximum atomic E-state index is 13.3. The van der Waals surface area contributed by atoms with E-state index in [1.807, 2.05) is 19.0 Å². The van der Waals surface area contributed by atoms with E-state index in [1.54, 1.807) is 12.1 Å². The van der Waals surface area contributed by atoms with Crippen LogP contribution in [0.2, 0.25) is 0 Å². The molecule has 1 unspecified atom stereocenters. The number of ketones is 1. The van der Waals surface area contributed by atoms with E-state index in [9.17, 15) is 14.3 Å². The van der Waals surface area contributed by atoms with Gasteiger partial charge in [-0.2, -0.15) is 0 Å². The number of aliphatic hydroxyl groups is 1. The molecule has 4 nitrogen and oxygen atoms in total. The number of halogens is 1. The smallest absolute Gasteiger partial charge is 0.168 e. The molecule has 0 spiro atoms. The van der Waals surface area contributed by atoms with Gasteiger partial charge in [-0.3, -0.25) is 9.79 Å². The highest BCUT2D eigenvalue weighted by Gasteiger charge is 2.27. The molecule has 0 aliphatic heterocycles. The molecule has 0 aromatic heterocycles. The summed E-state index contributed by atoms with van der Waals surface area (Å²) in [6, 6.07) is 6.19. The second-order valence-electron chi connectivity index (χ2n) is 5.78. The molecule has 0 amide bonds. The van der Waals surface area contributed by atoms with Gasteiger partial charge in [-0.05, 0) is 37.7 Å². The largest absolute Gasteiger partial charge is 0.511 e. The van der Waals surface area contributed by atoms with E-state index in [-0.39, 0.29) is 35.3 Å². The highest BCUT2D eigenvalue weighted by Crippen LogP contribution is 2.33. The van der Waals surface area contributed by atoms with Gasteiger partial charge in [-0.25, -0.2) is 4.39 Å². The van der Waals surface area contributed by atoms with Crippen molar-refractivity contribution in [1.29, 1.82) is 0 Å². The Hall–Kier alpha value is -2.01. The Kier molecular flexibility index (Phi) is 5.44. The highest BCUT2D eigenvalue weighted by molar-refractivity contribution is 6.14. The van der Waals surface area contributed by atoms with E-state index in [1.165, 1.54) is 18.3 Å². The Labute approximate surface area is 130 Å². The summed E-state index contributed by atoms with van der Waals surface area (Å²) in [5.74, 6) is -0.614. The third-order valence-corrected chi connectivity index (χ3v) is 3.70. The molecule has 1 N–H and O–H groups in total. The van der Waals surface area contributed by atoms with Gasteiger partial charge in [-0.1, -0.05) is 12.1 Å². The first-order valence-electron chi connectivity index (χ1n) is 7.32. The quantitative estimate of drug-likeness (QED) is 0.851. The molecule has 1 aliphatic rings. The number of rotatable bonds is 5. The third-order valence-electron chi connectivity index (χ3n) is 3.70. The molecule has 0 fully saturated rings. The number of allylic oxidation sites excluding steroid dienone is 2. The van der Waals surface area contributed by atoms with Crippen molar-refractivity contribution in [1.82, 2.24) is 4.90 Å². The van der Waals surface area contributed by atoms with Crippen molar-refractivity contribution in [2.24, 2.45) is 4.99 Å². The zero-order valence-corrected chi connectivity index (χ0v) is 12.9. The van der Waals surface area contributed by atoms with Crippen LogP contribution in [-0.4, -0.2) is 49.2 Å². The van der Waals surface area contributed by atoms with Crippen LogP contribution in [0.5, 0.6) is 0 Å². The van der Waals surface area contributed by atoms with Crippen molar-refractivity contribution >= 4 is 12.0 Å². The topological polar surface area (TPSA) is 52.9 Å². The molecule has 118 valence electrons. The van der Waals surface area contributed by atoms with Crippen molar-refractivity contribution in [2.75, 3.05) is 27.2 Å². The van der Waals surface area contributed by atoms with E-state index in [4.69, 9.17) is 0 Å². The number of carbonyl (C=O) groups is 1. The summed E-state index contributed by atoms with van der Waals surface area (Å²) < 4.78 is 13.3. The Morgan fingerprint density at radius 2 is 2.18 bits per heavy atom. The first-order chi connectivity index (χ1) is 10.5. The van der Waals surface area contributed by atoms with Crippen molar-refractivity contribution in [3.63, 3.8) is 0 Å². The van der Waals surface area contributed by atoms with Gasteiger partial charge in [0.25, 0.3) is 0 Å². The van der Waals surface area contributed by atoms with Crippen LogP contribution in [0.4, 0.5) is 4.39 Å². The Morgan fingerprint density at radius 3 is 2.82 bits per heavy atom. The molecule has 0 saturated heterocycles. The molecule has 22 heavy (non-hydrogen) atoms. The molecule has 0 heterocycles. The average Bonchev–Trinajstić information content (AvgIpc) is 2.45. The summed E-state index contributed by atoms with van der Waals surface area (Å²) in [5, 5.41) is 10.1. The first-order valence-corrected chi connectivity index (χ1v) is 7.32. The lowest BCUT2D eigenvalue weighted by molar-refractivity contribution is -0.116. The highest BCUT2D eigenvalue weighted by atomic mass is 19.1. The third kappa shape index (κ3) is 4.24. The Bertz CT molecular complexity index is 608. The standard InChI is InChI=1S/C17H21FN2O2/c1-20(2)7-6-19-11-15-16(21)9-13(10-17(15)22)12-4-3-5-14(18)8-12/h3-5,8,11,13,21H,6-7,9-10H2,1-2H3. The van der Waals surface area contributed by atoms with Crippen molar-refractivity contribution in [2.45, 2.75) is 18.8 Å². The number of aliphatic hydroxyl groups excluding tert-OH is 1. The Morgan fingerprint density at radius 1 is 1.41 bits per heavy atom. The van der Waals surface area contributed by atoms with Gasteiger partial charge in [0.2, 0.25) is 0 Å². The lowest BCUT2D eigenvalue weighted by Gasteiger charge is -2.22. The SMILES string of the molecule is CN(C)CCN=CC1=C(O)CC(c2cccc(F)c2)CC1=O. The van der Waals surface area contributed by atoms with Crippen LogP contribution in [0.25, 0.3) is 0 Å². The van der Waals surface area contributed by atoms with E-state index in [0.717, 1.165) is 12.1 Å². The number of Topliss-reactive ketones (excluding diaryl/α,β-unsaturated/α-hetero) is 1. The lowest BCUT2D eigenvalue weighted by Crippen LogP contribution is -2.20. The van der Waals surface area contributed by atoms with E-state index >= 15 is 0 Å². The van der Waals surface area contributed by atoms with Gasteiger partial charge in [0.1, 0.15) is 11.6 Å². The van der Waals surface area contributed by atoms with Gasteiger partial charge in [0, 0.05) is 25.6 Å². The molecule has 0 radical (unpaired) electrons. The molecule has 2 rings (SSSR count). The lowest BCUT2D eigenvalue weighted by atomic mass is 9.83. The summed E-state index contributed by atoms with van der Waals surface area (Å²) >= 11 is 0. The van der Waals surface area contributed by atoms with Crippen LogP contribution in [0, 0.1) is 5.82 Å². The number of aliphatic imine (C=N–C) groups is 1. The van der Waals surface area contributed by atoms with E-state index < -0.39 is 0 Å². The van der Waals surface area contributed by atoms with Crippen LogP contribution in [0.1, 0.15) is 24.3 Å².